The van der Waals surface area contributed by atoms with E-state index in [2.05, 4.69) is 20.5 Å². The van der Waals surface area contributed by atoms with E-state index >= 15 is 0 Å². The minimum absolute atomic E-state index is 0.0630. The molecule has 0 bridgehead atoms. The molecule has 10 heteroatoms. The fourth-order valence-corrected chi connectivity index (χ4v) is 3.81. The van der Waals surface area contributed by atoms with Crippen LogP contribution in [0.15, 0.2) is 57.3 Å². The van der Waals surface area contributed by atoms with E-state index in [1.165, 1.54) is 17.7 Å². The average Bonchev–Trinajstić information content (AvgIpc) is 3.48. The number of ether oxygens (including phenoxy) is 1. The monoisotopic (exact) mass is 432 g/mol. The number of carbonyl (C=O) groups is 2. The molecule has 0 radical (unpaired) electrons. The fourth-order valence-electron chi connectivity index (χ4n) is 3.81. The first-order chi connectivity index (χ1) is 15.5. The Kier molecular flexibility index (Phi) is 4.69. The number of carbonyl (C=O) groups excluding carboxylic acids is 2. The summed E-state index contributed by atoms with van der Waals surface area (Å²) in [5.74, 6) is 0.428. The van der Waals surface area contributed by atoms with Gasteiger partial charge in [-0.25, -0.2) is 4.90 Å². The summed E-state index contributed by atoms with van der Waals surface area (Å²) < 4.78 is 10.6. The predicted octanol–water partition coefficient (Wildman–Crippen LogP) is 2.86. The molecule has 2 amide bonds. The molecule has 5 rings (SSSR count). The van der Waals surface area contributed by atoms with Gasteiger partial charge < -0.3 is 9.26 Å². The van der Waals surface area contributed by atoms with Crippen molar-refractivity contribution in [3.8, 4) is 17.1 Å². The maximum Gasteiger partial charge on any atom is 0.263 e. The third-order valence-electron chi connectivity index (χ3n) is 5.70. The summed E-state index contributed by atoms with van der Waals surface area (Å²) in [6.07, 6.45) is 0. The molecule has 1 aromatic heterocycles. The van der Waals surface area contributed by atoms with Crippen LogP contribution in [0.4, 0.5) is 5.69 Å². The van der Waals surface area contributed by atoms with Crippen LogP contribution in [-0.4, -0.2) is 46.2 Å². The molecule has 3 heterocycles. The van der Waals surface area contributed by atoms with Gasteiger partial charge in [-0.2, -0.15) is 10.1 Å². The third kappa shape index (κ3) is 3.20. The number of hydrogen-bond donors (Lipinski definition) is 0. The van der Waals surface area contributed by atoms with Crippen LogP contribution in [0.3, 0.4) is 0 Å². The molecule has 2 atom stereocenters. The van der Waals surface area contributed by atoms with E-state index in [9.17, 15) is 9.59 Å². The molecule has 1 fully saturated rings. The Balaban J connectivity index is 1.36. The molecule has 162 valence electrons. The summed E-state index contributed by atoms with van der Waals surface area (Å²) >= 11 is 0. The third-order valence-corrected chi connectivity index (χ3v) is 5.70. The minimum Gasteiger partial charge on any atom is -0.497 e. The van der Waals surface area contributed by atoms with Crippen LogP contribution < -0.4 is 9.64 Å². The maximum absolute atomic E-state index is 13.1. The molecule has 1 saturated heterocycles. The van der Waals surface area contributed by atoms with Crippen LogP contribution in [0, 0.1) is 13.8 Å². The van der Waals surface area contributed by atoms with E-state index in [-0.39, 0.29) is 12.4 Å². The number of fused-ring (bicyclic) bond motifs is 1. The zero-order valence-corrected chi connectivity index (χ0v) is 17.7. The van der Waals surface area contributed by atoms with Crippen LogP contribution in [0.25, 0.3) is 11.4 Å². The zero-order chi connectivity index (χ0) is 22.4. The lowest BCUT2D eigenvalue weighted by Gasteiger charge is -2.19. The first-order valence-electron chi connectivity index (χ1n) is 10.1. The van der Waals surface area contributed by atoms with Gasteiger partial charge in [0.1, 0.15) is 12.3 Å². The summed E-state index contributed by atoms with van der Waals surface area (Å²) in [6, 6.07) is 10.9. The van der Waals surface area contributed by atoms with Crippen LogP contribution >= 0.6 is 0 Å². The molecular weight excluding hydrogens is 412 g/mol. The second-order valence-corrected chi connectivity index (χ2v) is 7.72. The van der Waals surface area contributed by atoms with Gasteiger partial charge in [-0.3, -0.25) is 14.6 Å². The van der Waals surface area contributed by atoms with Gasteiger partial charge in [-0.15, -0.1) is 0 Å². The highest BCUT2D eigenvalue weighted by atomic mass is 16.5. The smallest absolute Gasteiger partial charge is 0.263 e. The van der Waals surface area contributed by atoms with Crippen LogP contribution in [0.2, 0.25) is 0 Å². The molecular formula is C22H20N6O4. The highest BCUT2D eigenvalue weighted by Gasteiger charge is 2.55. The molecule has 32 heavy (non-hydrogen) atoms. The highest BCUT2D eigenvalue weighted by Crippen LogP contribution is 2.34. The second-order valence-electron chi connectivity index (χ2n) is 7.72. The number of amides is 2. The van der Waals surface area contributed by atoms with E-state index in [1.54, 1.807) is 24.3 Å². The second kappa shape index (κ2) is 7.56. The number of aromatic nitrogens is 2. The number of nitrogens with zero attached hydrogens (tertiary/aromatic N) is 6. The van der Waals surface area contributed by atoms with Crippen LogP contribution in [0.5, 0.6) is 5.75 Å². The molecule has 3 aromatic rings. The number of methoxy groups -OCH3 is 1. The normalized spacial score (nSPS) is 19.7. The number of hydrogen-bond acceptors (Lipinski definition) is 9. The standard InChI is InChI=1S/C22H20N6O4/c1-12-7-8-14(9-13(12)2)20-23-17(32-25-20)11-27-19-18(24-26-27)21(29)28(22(19)30)15-5-4-6-16(10-15)31-3/h4-10,18-19H,11H2,1-3H3/t18-,19-/m1/s1. The molecule has 0 N–H and O–H groups in total. The van der Waals surface area contributed by atoms with Gasteiger partial charge in [-0.1, -0.05) is 28.6 Å². The molecule has 2 aromatic carbocycles. The minimum atomic E-state index is -0.907. The van der Waals surface area contributed by atoms with Crippen molar-refractivity contribution in [2.24, 2.45) is 10.3 Å². The summed E-state index contributed by atoms with van der Waals surface area (Å²) in [5.41, 5.74) is 3.56. The molecule has 0 spiro atoms. The van der Waals surface area contributed by atoms with Crippen molar-refractivity contribution in [3.05, 3.63) is 59.5 Å². The van der Waals surface area contributed by atoms with Gasteiger partial charge in [0.15, 0.2) is 12.1 Å². The maximum atomic E-state index is 13.1. The molecule has 0 saturated carbocycles. The van der Waals surface area contributed by atoms with Gasteiger partial charge in [-0.05, 0) is 43.2 Å². The van der Waals surface area contributed by atoms with E-state index < -0.39 is 23.9 Å². The van der Waals surface area contributed by atoms with Crippen molar-refractivity contribution < 1.29 is 18.8 Å². The molecule has 0 unspecified atom stereocenters. The Hall–Kier alpha value is -4.08. The number of aryl methyl sites for hydroxylation is 2. The van der Waals surface area contributed by atoms with Crippen molar-refractivity contribution in [1.29, 1.82) is 0 Å². The lowest BCUT2D eigenvalue weighted by atomic mass is 10.1. The van der Waals surface area contributed by atoms with Gasteiger partial charge >= 0.3 is 0 Å². The number of benzene rings is 2. The van der Waals surface area contributed by atoms with Crippen molar-refractivity contribution >= 4 is 17.5 Å². The van der Waals surface area contributed by atoms with E-state index in [0.717, 1.165) is 16.0 Å². The number of anilines is 1. The highest BCUT2D eigenvalue weighted by molar-refractivity contribution is 6.25. The Morgan fingerprint density at radius 2 is 1.91 bits per heavy atom. The van der Waals surface area contributed by atoms with E-state index in [1.807, 2.05) is 32.0 Å². The molecule has 2 aliphatic rings. The molecule has 0 aliphatic carbocycles. The first-order valence-corrected chi connectivity index (χ1v) is 10.1. The zero-order valence-electron chi connectivity index (χ0n) is 17.7. The van der Waals surface area contributed by atoms with Crippen molar-refractivity contribution in [2.45, 2.75) is 32.5 Å². The number of rotatable bonds is 5. The summed E-state index contributed by atoms with van der Waals surface area (Å²) in [6.45, 7) is 4.11. The Bertz CT molecular complexity index is 1250. The fraction of sp³-hybridized carbons (Fsp3) is 0.273. The quantitative estimate of drug-likeness (QED) is 0.570. The average molecular weight is 432 g/mol. The molecule has 10 nitrogen and oxygen atoms in total. The lowest BCUT2D eigenvalue weighted by molar-refractivity contribution is -0.123. The van der Waals surface area contributed by atoms with Crippen LogP contribution in [-0.2, 0) is 16.1 Å². The van der Waals surface area contributed by atoms with Gasteiger partial charge in [0, 0.05) is 11.6 Å². The largest absolute Gasteiger partial charge is 0.497 e. The van der Waals surface area contributed by atoms with Gasteiger partial charge in [0.25, 0.3) is 11.8 Å². The Labute approximate surface area is 183 Å². The van der Waals surface area contributed by atoms with Crippen molar-refractivity contribution in [3.63, 3.8) is 0 Å². The summed E-state index contributed by atoms with van der Waals surface area (Å²) in [7, 11) is 1.52. The Morgan fingerprint density at radius 1 is 1.06 bits per heavy atom. The Morgan fingerprint density at radius 3 is 2.69 bits per heavy atom. The first kappa shape index (κ1) is 19.9. The number of imide groups is 1. The van der Waals surface area contributed by atoms with Gasteiger partial charge in [0.2, 0.25) is 11.7 Å². The SMILES string of the molecule is COc1cccc(N2C(=O)[C@@H]3N=NN(Cc4nc(-c5ccc(C)c(C)c5)no4)[C@H]3C2=O)c1. The van der Waals surface area contributed by atoms with E-state index in [4.69, 9.17) is 9.26 Å². The van der Waals surface area contributed by atoms with Crippen molar-refractivity contribution in [2.75, 3.05) is 12.0 Å². The van der Waals surface area contributed by atoms with Crippen LogP contribution in [0.1, 0.15) is 17.0 Å². The predicted molar refractivity (Wildman–Crippen MR) is 113 cm³/mol. The van der Waals surface area contributed by atoms with Crippen molar-refractivity contribution in [1.82, 2.24) is 15.1 Å². The van der Waals surface area contributed by atoms with Gasteiger partial charge in [0.05, 0.1) is 12.8 Å². The topological polar surface area (TPSA) is 113 Å². The molecule has 2 aliphatic heterocycles. The summed E-state index contributed by atoms with van der Waals surface area (Å²) in [5, 5.41) is 13.5. The van der Waals surface area contributed by atoms with E-state index in [0.29, 0.717) is 17.3 Å². The summed E-state index contributed by atoms with van der Waals surface area (Å²) in [4.78, 5) is 31.6. The lowest BCUT2D eigenvalue weighted by Crippen LogP contribution is -2.39.